The molecule has 1 aromatic heterocycles. The molecule has 82 valence electrons. The first-order valence-corrected chi connectivity index (χ1v) is 5.41. The number of nitrogens with zero attached hydrogens (tertiary/aromatic N) is 2. The monoisotopic (exact) mass is 207 g/mol. The number of piperidine rings is 1. The Balaban J connectivity index is 2.06. The summed E-state index contributed by atoms with van der Waals surface area (Å²) in [4.78, 5) is 20.6. The molecule has 0 bridgehead atoms. The van der Waals surface area contributed by atoms with Crippen molar-refractivity contribution in [3.05, 3.63) is 17.7 Å². The van der Waals surface area contributed by atoms with Gasteiger partial charge in [0.25, 0.3) is 0 Å². The van der Waals surface area contributed by atoms with Crippen molar-refractivity contribution >= 4 is 5.78 Å². The van der Waals surface area contributed by atoms with Gasteiger partial charge in [0, 0.05) is 24.7 Å². The molecule has 4 nitrogen and oxygen atoms in total. The van der Waals surface area contributed by atoms with Gasteiger partial charge >= 0.3 is 0 Å². The molecule has 1 saturated heterocycles. The van der Waals surface area contributed by atoms with E-state index in [-0.39, 0.29) is 5.78 Å². The first kappa shape index (κ1) is 10.4. The van der Waals surface area contributed by atoms with E-state index in [1.165, 1.54) is 6.92 Å². The Morgan fingerprint density at radius 2 is 2.20 bits per heavy atom. The van der Waals surface area contributed by atoms with Gasteiger partial charge in [-0.2, -0.15) is 0 Å². The topological polar surface area (TPSA) is 49.0 Å². The molecule has 0 amide bonds. The third-order valence-electron chi connectivity index (χ3n) is 3.09. The number of imidazole rings is 1. The standard InChI is InChI=1S/C11H17N3O/c1-8(15)11-12-7-10(13-11)9-3-5-14(2)6-4-9/h7,9H,3-6H2,1-2H3,(H,12,13). The summed E-state index contributed by atoms with van der Waals surface area (Å²) in [5, 5.41) is 0. The zero-order valence-electron chi connectivity index (χ0n) is 9.29. The lowest BCUT2D eigenvalue weighted by molar-refractivity contribution is 0.100. The molecule has 1 N–H and O–H groups in total. The zero-order valence-corrected chi connectivity index (χ0v) is 9.29. The van der Waals surface area contributed by atoms with E-state index in [1.54, 1.807) is 0 Å². The minimum atomic E-state index is 0.00850. The van der Waals surface area contributed by atoms with Crippen molar-refractivity contribution < 1.29 is 4.79 Å². The molecule has 0 radical (unpaired) electrons. The Kier molecular flexibility index (Phi) is 2.86. The summed E-state index contributed by atoms with van der Waals surface area (Å²) in [7, 11) is 2.14. The van der Waals surface area contributed by atoms with E-state index in [0.29, 0.717) is 11.7 Å². The number of carbonyl (C=O) groups excluding carboxylic acids is 1. The van der Waals surface area contributed by atoms with Gasteiger partial charge in [-0.25, -0.2) is 4.98 Å². The molecule has 1 aliphatic rings. The maximum atomic E-state index is 11.1. The first-order chi connectivity index (χ1) is 7.16. The van der Waals surface area contributed by atoms with E-state index in [2.05, 4.69) is 21.9 Å². The van der Waals surface area contributed by atoms with Crippen molar-refractivity contribution in [3.63, 3.8) is 0 Å². The van der Waals surface area contributed by atoms with Crippen molar-refractivity contribution in [3.8, 4) is 0 Å². The molecule has 0 atom stereocenters. The summed E-state index contributed by atoms with van der Waals surface area (Å²) < 4.78 is 0. The van der Waals surface area contributed by atoms with Crippen LogP contribution in [-0.4, -0.2) is 40.8 Å². The molecule has 15 heavy (non-hydrogen) atoms. The molecular weight excluding hydrogens is 190 g/mol. The van der Waals surface area contributed by atoms with Gasteiger partial charge in [0.1, 0.15) is 0 Å². The summed E-state index contributed by atoms with van der Waals surface area (Å²) in [5.74, 6) is 1.04. The maximum absolute atomic E-state index is 11.1. The third kappa shape index (κ3) is 2.26. The van der Waals surface area contributed by atoms with E-state index < -0.39 is 0 Å². The highest BCUT2D eigenvalue weighted by atomic mass is 16.1. The molecule has 1 aromatic rings. The van der Waals surface area contributed by atoms with Crippen LogP contribution in [-0.2, 0) is 0 Å². The minimum absolute atomic E-state index is 0.00850. The van der Waals surface area contributed by atoms with Crippen LogP contribution in [0, 0.1) is 0 Å². The lowest BCUT2D eigenvalue weighted by Gasteiger charge is -2.28. The second-order valence-corrected chi connectivity index (χ2v) is 4.32. The molecular formula is C11H17N3O. The number of rotatable bonds is 2. The van der Waals surface area contributed by atoms with Gasteiger partial charge in [-0.15, -0.1) is 0 Å². The summed E-state index contributed by atoms with van der Waals surface area (Å²) in [6.07, 6.45) is 4.11. The number of Topliss-reactive ketones (excluding diaryl/α,β-unsaturated/α-hetero) is 1. The molecule has 0 aliphatic carbocycles. The van der Waals surface area contributed by atoms with Gasteiger partial charge in [-0.3, -0.25) is 4.79 Å². The zero-order chi connectivity index (χ0) is 10.8. The maximum Gasteiger partial charge on any atom is 0.194 e. The van der Waals surface area contributed by atoms with Crippen LogP contribution in [0.1, 0.15) is 42.0 Å². The number of ketones is 1. The number of carbonyl (C=O) groups is 1. The lowest BCUT2D eigenvalue weighted by Crippen LogP contribution is -2.29. The SMILES string of the molecule is CC(=O)c1ncc(C2CCN(C)CC2)[nH]1. The van der Waals surface area contributed by atoms with Crippen LogP contribution in [0.2, 0.25) is 0 Å². The predicted molar refractivity (Wildman–Crippen MR) is 58.1 cm³/mol. The number of hydrogen-bond acceptors (Lipinski definition) is 3. The number of H-pyrrole nitrogens is 1. The van der Waals surface area contributed by atoms with Gasteiger partial charge in [0.2, 0.25) is 0 Å². The average Bonchev–Trinajstić information content (AvgIpc) is 2.68. The van der Waals surface area contributed by atoms with Crippen molar-refractivity contribution in [2.75, 3.05) is 20.1 Å². The molecule has 4 heteroatoms. The highest BCUT2D eigenvalue weighted by Gasteiger charge is 2.20. The van der Waals surface area contributed by atoms with Crippen molar-refractivity contribution in [1.29, 1.82) is 0 Å². The average molecular weight is 207 g/mol. The smallest absolute Gasteiger partial charge is 0.194 e. The van der Waals surface area contributed by atoms with E-state index in [0.717, 1.165) is 31.6 Å². The molecule has 0 unspecified atom stereocenters. The fourth-order valence-corrected chi connectivity index (χ4v) is 2.04. The van der Waals surface area contributed by atoms with E-state index in [9.17, 15) is 4.79 Å². The second kappa shape index (κ2) is 4.14. The van der Waals surface area contributed by atoms with Crippen LogP contribution < -0.4 is 0 Å². The molecule has 1 aliphatic heterocycles. The summed E-state index contributed by atoms with van der Waals surface area (Å²) >= 11 is 0. The van der Waals surface area contributed by atoms with E-state index in [1.807, 2.05) is 6.20 Å². The van der Waals surface area contributed by atoms with Gasteiger partial charge < -0.3 is 9.88 Å². The Morgan fingerprint density at radius 1 is 1.53 bits per heavy atom. The molecule has 2 rings (SSSR count). The van der Waals surface area contributed by atoms with Crippen molar-refractivity contribution in [1.82, 2.24) is 14.9 Å². The predicted octanol–water partition coefficient (Wildman–Crippen LogP) is 1.42. The summed E-state index contributed by atoms with van der Waals surface area (Å²) in [5.41, 5.74) is 1.12. The highest BCUT2D eigenvalue weighted by molar-refractivity contribution is 5.90. The number of hydrogen-bond donors (Lipinski definition) is 1. The Bertz CT molecular complexity index is 350. The Hall–Kier alpha value is -1.16. The lowest BCUT2D eigenvalue weighted by atomic mass is 9.94. The number of nitrogens with one attached hydrogen (secondary N) is 1. The number of aromatic amines is 1. The Labute approximate surface area is 89.7 Å². The van der Waals surface area contributed by atoms with Crippen molar-refractivity contribution in [2.24, 2.45) is 0 Å². The first-order valence-electron chi connectivity index (χ1n) is 5.41. The van der Waals surface area contributed by atoms with Gasteiger partial charge in [-0.1, -0.05) is 0 Å². The normalized spacial score (nSPS) is 19.3. The fourth-order valence-electron chi connectivity index (χ4n) is 2.04. The van der Waals surface area contributed by atoms with Gasteiger partial charge in [0.15, 0.2) is 11.6 Å². The van der Waals surface area contributed by atoms with Crippen molar-refractivity contribution in [2.45, 2.75) is 25.7 Å². The fraction of sp³-hybridized carbons (Fsp3) is 0.636. The minimum Gasteiger partial charge on any atom is -0.339 e. The van der Waals surface area contributed by atoms with Gasteiger partial charge in [-0.05, 0) is 33.0 Å². The molecule has 0 saturated carbocycles. The van der Waals surface area contributed by atoms with Crippen LogP contribution in [0.15, 0.2) is 6.20 Å². The largest absolute Gasteiger partial charge is 0.339 e. The Morgan fingerprint density at radius 3 is 2.73 bits per heavy atom. The second-order valence-electron chi connectivity index (χ2n) is 4.32. The van der Waals surface area contributed by atoms with Crippen LogP contribution in [0.25, 0.3) is 0 Å². The number of likely N-dealkylation sites (tertiary alicyclic amines) is 1. The van der Waals surface area contributed by atoms with E-state index in [4.69, 9.17) is 0 Å². The van der Waals surface area contributed by atoms with Crippen LogP contribution >= 0.6 is 0 Å². The molecule has 2 heterocycles. The van der Waals surface area contributed by atoms with Gasteiger partial charge in [0.05, 0.1) is 0 Å². The molecule has 0 spiro atoms. The summed E-state index contributed by atoms with van der Waals surface area (Å²) in [6, 6.07) is 0. The molecule has 0 aromatic carbocycles. The summed E-state index contributed by atoms with van der Waals surface area (Å²) in [6.45, 7) is 3.79. The van der Waals surface area contributed by atoms with Crippen LogP contribution in [0.4, 0.5) is 0 Å². The van der Waals surface area contributed by atoms with E-state index >= 15 is 0 Å². The quantitative estimate of drug-likeness (QED) is 0.746. The van der Waals surface area contributed by atoms with Crippen LogP contribution in [0.3, 0.4) is 0 Å². The number of aromatic nitrogens is 2. The molecule has 1 fully saturated rings. The third-order valence-corrected chi connectivity index (χ3v) is 3.09. The highest BCUT2D eigenvalue weighted by Crippen LogP contribution is 2.25. The van der Waals surface area contributed by atoms with Crippen LogP contribution in [0.5, 0.6) is 0 Å².